The summed E-state index contributed by atoms with van der Waals surface area (Å²) in [6.45, 7) is 2.14. The van der Waals surface area contributed by atoms with Gasteiger partial charge in [0, 0.05) is 32.3 Å². The predicted molar refractivity (Wildman–Crippen MR) is 103 cm³/mol. The first-order valence-corrected chi connectivity index (χ1v) is 8.96. The van der Waals surface area contributed by atoms with E-state index in [0.29, 0.717) is 43.7 Å². The fraction of sp³-hybridized carbons (Fsp3) is 0.190. The molecule has 3 heterocycles. The SMILES string of the molecule is N#Cc1nc(/C=C/c2ccccc2)oc1N1CCN(C(=O)c2ccco2)CC1. The molecule has 0 bridgehead atoms. The van der Waals surface area contributed by atoms with Crippen molar-refractivity contribution in [2.75, 3.05) is 31.1 Å². The number of oxazole rings is 1. The van der Waals surface area contributed by atoms with E-state index in [1.54, 1.807) is 23.1 Å². The Balaban J connectivity index is 1.45. The zero-order chi connectivity index (χ0) is 19.3. The van der Waals surface area contributed by atoms with Crippen LogP contribution in [0, 0.1) is 11.3 Å². The standard InChI is InChI=1S/C21H18N4O3/c22-15-17-21(28-19(23-17)9-8-16-5-2-1-3-6-16)25-12-10-24(11-13-25)20(26)18-7-4-14-27-18/h1-9,14H,10-13H2/b9-8+. The average molecular weight is 374 g/mol. The van der Waals surface area contributed by atoms with Crippen LogP contribution < -0.4 is 4.90 Å². The lowest BCUT2D eigenvalue weighted by molar-refractivity contribution is 0.0713. The van der Waals surface area contributed by atoms with Crippen LogP contribution in [0.15, 0.2) is 57.6 Å². The molecule has 3 aromatic rings. The molecule has 1 aromatic carbocycles. The van der Waals surface area contributed by atoms with Crippen molar-refractivity contribution in [3.05, 3.63) is 71.6 Å². The van der Waals surface area contributed by atoms with Crippen molar-refractivity contribution in [1.29, 1.82) is 5.26 Å². The van der Waals surface area contributed by atoms with Crippen molar-refractivity contribution < 1.29 is 13.6 Å². The van der Waals surface area contributed by atoms with Gasteiger partial charge in [-0.15, -0.1) is 0 Å². The molecule has 0 radical (unpaired) electrons. The van der Waals surface area contributed by atoms with E-state index < -0.39 is 0 Å². The first-order chi connectivity index (χ1) is 13.7. The van der Waals surface area contributed by atoms with Gasteiger partial charge in [-0.05, 0) is 23.8 Å². The number of benzene rings is 1. The molecule has 4 rings (SSSR count). The molecule has 7 nitrogen and oxygen atoms in total. The number of piperazine rings is 1. The van der Waals surface area contributed by atoms with E-state index in [1.165, 1.54) is 6.26 Å². The molecule has 7 heteroatoms. The maximum absolute atomic E-state index is 12.4. The van der Waals surface area contributed by atoms with Crippen LogP contribution in [-0.4, -0.2) is 42.0 Å². The van der Waals surface area contributed by atoms with Gasteiger partial charge in [0.15, 0.2) is 5.76 Å². The third-order valence-electron chi connectivity index (χ3n) is 4.54. The summed E-state index contributed by atoms with van der Waals surface area (Å²) in [6.07, 6.45) is 5.12. The van der Waals surface area contributed by atoms with E-state index in [2.05, 4.69) is 11.1 Å². The lowest BCUT2D eigenvalue weighted by Gasteiger charge is -2.34. The van der Waals surface area contributed by atoms with Crippen LogP contribution in [-0.2, 0) is 0 Å². The van der Waals surface area contributed by atoms with Crippen LogP contribution in [0.4, 0.5) is 5.88 Å². The molecule has 0 saturated carbocycles. The van der Waals surface area contributed by atoms with Gasteiger partial charge in [-0.3, -0.25) is 4.79 Å². The molecule has 1 aliphatic rings. The number of nitriles is 1. The second kappa shape index (κ2) is 7.84. The summed E-state index contributed by atoms with van der Waals surface area (Å²) in [6, 6.07) is 15.2. The minimum atomic E-state index is -0.130. The van der Waals surface area contributed by atoms with E-state index in [9.17, 15) is 10.1 Å². The summed E-state index contributed by atoms with van der Waals surface area (Å²) in [5, 5.41) is 9.41. The second-order valence-corrected chi connectivity index (χ2v) is 6.32. The molecular weight excluding hydrogens is 356 g/mol. The van der Waals surface area contributed by atoms with E-state index in [4.69, 9.17) is 8.83 Å². The molecular formula is C21H18N4O3. The molecule has 0 aliphatic carbocycles. The zero-order valence-electron chi connectivity index (χ0n) is 15.1. The number of furan rings is 1. The number of anilines is 1. The second-order valence-electron chi connectivity index (χ2n) is 6.32. The highest BCUT2D eigenvalue weighted by molar-refractivity contribution is 5.91. The van der Waals surface area contributed by atoms with Crippen LogP contribution in [0.25, 0.3) is 12.2 Å². The lowest BCUT2D eigenvalue weighted by atomic mass is 10.2. The maximum atomic E-state index is 12.4. The third-order valence-corrected chi connectivity index (χ3v) is 4.54. The van der Waals surface area contributed by atoms with Gasteiger partial charge in [0.2, 0.25) is 17.5 Å². The third kappa shape index (κ3) is 3.67. The van der Waals surface area contributed by atoms with Crippen LogP contribution >= 0.6 is 0 Å². The summed E-state index contributed by atoms with van der Waals surface area (Å²) in [7, 11) is 0. The van der Waals surface area contributed by atoms with E-state index in [-0.39, 0.29) is 11.6 Å². The molecule has 0 unspecified atom stereocenters. The molecule has 0 spiro atoms. The van der Waals surface area contributed by atoms with Crippen LogP contribution in [0.2, 0.25) is 0 Å². The molecule has 140 valence electrons. The largest absolute Gasteiger partial charge is 0.459 e. The number of carbonyl (C=O) groups is 1. The average Bonchev–Trinajstić information content (AvgIpc) is 3.43. The molecule has 28 heavy (non-hydrogen) atoms. The first kappa shape index (κ1) is 17.6. The van der Waals surface area contributed by atoms with Crippen molar-refractivity contribution in [3.63, 3.8) is 0 Å². The summed E-state index contributed by atoms with van der Waals surface area (Å²) in [4.78, 5) is 20.3. The quantitative estimate of drug-likeness (QED) is 0.697. The Morgan fingerprint density at radius 1 is 1.07 bits per heavy atom. The molecule has 1 fully saturated rings. The number of nitrogens with zero attached hydrogens (tertiary/aromatic N) is 4. The Morgan fingerprint density at radius 3 is 2.54 bits per heavy atom. The number of hydrogen-bond donors (Lipinski definition) is 0. The van der Waals surface area contributed by atoms with Gasteiger partial charge in [0.25, 0.3) is 5.91 Å². The van der Waals surface area contributed by atoms with Crippen molar-refractivity contribution >= 4 is 23.9 Å². The fourth-order valence-corrected chi connectivity index (χ4v) is 3.09. The summed E-state index contributed by atoms with van der Waals surface area (Å²) < 4.78 is 11.0. The Kier molecular flexibility index (Phi) is 4.93. The van der Waals surface area contributed by atoms with Crippen LogP contribution in [0.3, 0.4) is 0 Å². The zero-order valence-corrected chi connectivity index (χ0v) is 15.1. The maximum Gasteiger partial charge on any atom is 0.289 e. The van der Waals surface area contributed by atoms with Crippen LogP contribution in [0.1, 0.15) is 27.7 Å². The van der Waals surface area contributed by atoms with Crippen LogP contribution in [0.5, 0.6) is 0 Å². The highest BCUT2D eigenvalue weighted by Gasteiger charge is 2.27. The van der Waals surface area contributed by atoms with Crippen molar-refractivity contribution in [2.24, 2.45) is 0 Å². The lowest BCUT2D eigenvalue weighted by Crippen LogP contribution is -2.48. The van der Waals surface area contributed by atoms with Gasteiger partial charge in [-0.1, -0.05) is 30.3 Å². The van der Waals surface area contributed by atoms with Crippen molar-refractivity contribution in [1.82, 2.24) is 9.88 Å². The number of carbonyl (C=O) groups excluding carboxylic acids is 1. The van der Waals surface area contributed by atoms with Gasteiger partial charge in [0.1, 0.15) is 6.07 Å². The number of aromatic nitrogens is 1. The first-order valence-electron chi connectivity index (χ1n) is 8.96. The topological polar surface area (TPSA) is 86.5 Å². The number of amides is 1. The molecule has 2 aromatic heterocycles. The van der Waals surface area contributed by atoms with Gasteiger partial charge < -0.3 is 18.6 Å². The van der Waals surface area contributed by atoms with E-state index >= 15 is 0 Å². The number of hydrogen-bond acceptors (Lipinski definition) is 6. The summed E-state index contributed by atoms with van der Waals surface area (Å²) in [5.41, 5.74) is 1.27. The number of rotatable bonds is 4. The van der Waals surface area contributed by atoms with Gasteiger partial charge >= 0.3 is 0 Å². The molecule has 1 aliphatic heterocycles. The minimum absolute atomic E-state index is 0.130. The molecule has 1 saturated heterocycles. The fourth-order valence-electron chi connectivity index (χ4n) is 3.09. The monoisotopic (exact) mass is 374 g/mol. The Hall–Kier alpha value is -3.79. The van der Waals surface area contributed by atoms with Crippen molar-refractivity contribution in [3.8, 4) is 6.07 Å². The Morgan fingerprint density at radius 2 is 1.86 bits per heavy atom. The Bertz CT molecular complexity index is 1010. The van der Waals surface area contributed by atoms with E-state index in [0.717, 1.165) is 5.56 Å². The van der Waals surface area contributed by atoms with E-state index in [1.807, 2.05) is 41.3 Å². The van der Waals surface area contributed by atoms with Gasteiger partial charge in [-0.25, -0.2) is 0 Å². The highest BCUT2D eigenvalue weighted by atomic mass is 16.4. The molecule has 0 N–H and O–H groups in total. The summed E-state index contributed by atoms with van der Waals surface area (Å²) in [5.74, 6) is 1.03. The smallest absolute Gasteiger partial charge is 0.289 e. The van der Waals surface area contributed by atoms with Gasteiger partial charge in [-0.2, -0.15) is 10.2 Å². The predicted octanol–water partition coefficient (Wildman–Crippen LogP) is 3.27. The molecule has 0 atom stereocenters. The van der Waals surface area contributed by atoms with Gasteiger partial charge in [0.05, 0.1) is 6.26 Å². The van der Waals surface area contributed by atoms with Crippen molar-refractivity contribution in [2.45, 2.75) is 0 Å². The summed E-state index contributed by atoms with van der Waals surface area (Å²) >= 11 is 0. The molecule has 1 amide bonds. The Labute approximate surface area is 162 Å². The minimum Gasteiger partial charge on any atom is -0.459 e. The highest BCUT2D eigenvalue weighted by Crippen LogP contribution is 2.24. The normalized spacial score (nSPS) is 14.4.